The monoisotopic (exact) mass is 383 g/mol. The quantitative estimate of drug-likeness (QED) is 0.630. The Kier molecular flexibility index (Phi) is 6.08. The Morgan fingerprint density at radius 2 is 2.11 bits per heavy atom. The van der Waals surface area contributed by atoms with Crippen LogP contribution >= 0.6 is 11.8 Å². The summed E-state index contributed by atoms with van der Waals surface area (Å²) in [6.07, 6.45) is 1.61. The number of aryl methyl sites for hydroxylation is 1. The van der Waals surface area contributed by atoms with Gasteiger partial charge in [-0.05, 0) is 32.0 Å². The van der Waals surface area contributed by atoms with Crippen LogP contribution in [-0.4, -0.2) is 38.5 Å². The summed E-state index contributed by atoms with van der Waals surface area (Å²) >= 11 is 1.35. The first-order chi connectivity index (χ1) is 13.1. The van der Waals surface area contributed by atoms with E-state index in [1.165, 1.54) is 18.9 Å². The fourth-order valence-corrected chi connectivity index (χ4v) is 3.45. The lowest BCUT2D eigenvalue weighted by Crippen LogP contribution is -2.15. The van der Waals surface area contributed by atoms with Gasteiger partial charge in [-0.3, -0.25) is 4.79 Å². The molecule has 2 heterocycles. The zero-order valence-corrected chi connectivity index (χ0v) is 16.3. The Morgan fingerprint density at radius 3 is 2.85 bits per heavy atom. The number of nitrogens with one attached hydrogen (secondary N) is 1. The molecule has 0 bridgehead atoms. The molecule has 140 valence electrons. The lowest BCUT2D eigenvalue weighted by Gasteiger charge is -2.09. The first-order valence-electron chi connectivity index (χ1n) is 8.54. The van der Waals surface area contributed by atoms with E-state index in [2.05, 4.69) is 26.6 Å². The second kappa shape index (κ2) is 8.68. The van der Waals surface area contributed by atoms with Crippen LogP contribution < -0.4 is 10.1 Å². The maximum atomic E-state index is 12.3. The van der Waals surface area contributed by atoms with Crippen molar-refractivity contribution < 1.29 is 9.53 Å². The first kappa shape index (κ1) is 18.9. The molecule has 0 fully saturated rings. The van der Waals surface area contributed by atoms with Gasteiger partial charge in [0.15, 0.2) is 11.0 Å². The Morgan fingerprint density at radius 1 is 1.26 bits per heavy atom. The minimum absolute atomic E-state index is 0.158. The third kappa shape index (κ3) is 4.46. The number of benzene rings is 1. The van der Waals surface area contributed by atoms with Crippen LogP contribution in [0, 0.1) is 6.92 Å². The molecule has 0 aliphatic rings. The van der Waals surface area contributed by atoms with Gasteiger partial charge >= 0.3 is 0 Å². The van der Waals surface area contributed by atoms with E-state index < -0.39 is 0 Å². The summed E-state index contributed by atoms with van der Waals surface area (Å²) < 4.78 is 7.16. The van der Waals surface area contributed by atoms with Gasteiger partial charge in [-0.25, -0.2) is 4.98 Å². The van der Waals surface area contributed by atoms with Gasteiger partial charge in [0.25, 0.3) is 0 Å². The molecule has 0 unspecified atom stereocenters. The van der Waals surface area contributed by atoms with Crippen LogP contribution in [0.5, 0.6) is 5.88 Å². The van der Waals surface area contributed by atoms with Crippen LogP contribution in [0.3, 0.4) is 0 Å². The number of methoxy groups -OCH3 is 1. The summed E-state index contributed by atoms with van der Waals surface area (Å²) in [5, 5.41) is 12.1. The van der Waals surface area contributed by atoms with Crippen LogP contribution in [0.1, 0.15) is 12.5 Å². The van der Waals surface area contributed by atoms with Gasteiger partial charge in [0.2, 0.25) is 11.8 Å². The van der Waals surface area contributed by atoms with Gasteiger partial charge in [-0.2, -0.15) is 0 Å². The molecular weight excluding hydrogens is 362 g/mol. The van der Waals surface area contributed by atoms with E-state index in [1.807, 2.05) is 36.6 Å². The van der Waals surface area contributed by atoms with Crippen molar-refractivity contribution in [2.24, 2.45) is 0 Å². The molecule has 0 aliphatic carbocycles. The Balaban J connectivity index is 1.70. The van der Waals surface area contributed by atoms with Crippen LogP contribution in [-0.2, 0) is 11.3 Å². The highest BCUT2D eigenvalue weighted by atomic mass is 32.2. The second-order valence-corrected chi connectivity index (χ2v) is 6.76. The number of nitrogens with zero attached hydrogens (tertiary/aromatic N) is 4. The molecular formula is C19H21N5O2S. The number of carbonyl (C=O) groups excluding carboxylic acids is 1. The third-order valence-corrected chi connectivity index (χ3v) is 4.85. The maximum Gasteiger partial charge on any atom is 0.237 e. The van der Waals surface area contributed by atoms with Gasteiger partial charge in [-0.15, -0.1) is 10.2 Å². The number of anilines is 1. The predicted molar refractivity (Wildman–Crippen MR) is 106 cm³/mol. The van der Waals surface area contributed by atoms with Crippen molar-refractivity contribution >= 4 is 23.4 Å². The molecule has 1 amide bonds. The summed E-state index contributed by atoms with van der Waals surface area (Å²) in [6, 6.07) is 11.6. The third-order valence-electron chi connectivity index (χ3n) is 3.88. The van der Waals surface area contributed by atoms with Crippen molar-refractivity contribution in [3.05, 3.63) is 48.2 Å². The van der Waals surface area contributed by atoms with Crippen molar-refractivity contribution in [1.29, 1.82) is 0 Å². The smallest absolute Gasteiger partial charge is 0.237 e. The Bertz CT molecular complexity index is 941. The number of ether oxygens (including phenoxy) is 1. The number of thioether (sulfide) groups is 1. The zero-order valence-electron chi connectivity index (χ0n) is 15.5. The fourth-order valence-electron chi connectivity index (χ4n) is 2.64. The number of hydrogen-bond donors (Lipinski definition) is 1. The van der Waals surface area contributed by atoms with Crippen molar-refractivity contribution in [1.82, 2.24) is 19.7 Å². The van der Waals surface area contributed by atoms with E-state index >= 15 is 0 Å². The minimum atomic E-state index is -0.158. The number of carbonyl (C=O) groups is 1. The summed E-state index contributed by atoms with van der Waals surface area (Å²) in [5.74, 6) is 1.24. The molecule has 0 aliphatic heterocycles. The maximum absolute atomic E-state index is 12.3. The van der Waals surface area contributed by atoms with Gasteiger partial charge in [0, 0.05) is 18.3 Å². The highest BCUT2D eigenvalue weighted by Crippen LogP contribution is 2.25. The molecule has 0 spiro atoms. The molecule has 0 saturated heterocycles. The molecule has 1 N–H and O–H groups in total. The Hall–Kier alpha value is -2.87. The van der Waals surface area contributed by atoms with Gasteiger partial charge in [-0.1, -0.05) is 35.5 Å². The fraction of sp³-hybridized carbons (Fsp3) is 0.263. The number of hydrogen-bond acceptors (Lipinski definition) is 6. The van der Waals surface area contributed by atoms with Crippen molar-refractivity contribution in [3.8, 4) is 17.3 Å². The van der Waals surface area contributed by atoms with E-state index in [0.717, 1.165) is 23.5 Å². The average Bonchev–Trinajstić information content (AvgIpc) is 3.09. The highest BCUT2D eigenvalue weighted by molar-refractivity contribution is 7.99. The number of amides is 1. The molecule has 3 rings (SSSR count). The molecule has 27 heavy (non-hydrogen) atoms. The topological polar surface area (TPSA) is 81.9 Å². The van der Waals surface area contributed by atoms with Crippen molar-refractivity contribution in [2.75, 3.05) is 18.2 Å². The van der Waals surface area contributed by atoms with E-state index in [4.69, 9.17) is 4.74 Å². The lowest BCUT2D eigenvalue weighted by molar-refractivity contribution is -0.113. The van der Waals surface area contributed by atoms with E-state index in [0.29, 0.717) is 16.7 Å². The van der Waals surface area contributed by atoms with E-state index in [-0.39, 0.29) is 11.7 Å². The summed E-state index contributed by atoms with van der Waals surface area (Å²) in [4.78, 5) is 16.4. The van der Waals surface area contributed by atoms with E-state index in [9.17, 15) is 4.79 Å². The molecule has 0 saturated carbocycles. The van der Waals surface area contributed by atoms with E-state index in [1.54, 1.807) is 18.3 Å². The summed E-state index contributed by atoms with van der Waals surface area (Å²) in [6.45, 7) is 4.80. The summed E-state index contributed by atoms with van der Waals surface area (Å²) in [5.41, 5.74) is 2.72. The van der Waals surface area contributed by atoms with Crippen molar-refractivity contribution in [3.63, 3.8) is 0 Å². The zero-order chi connectivity index (χ0) is 19.2. The highest BCUT2D eigenvalue weighted by Gasteiger charge is 2.15. The number of pyridine rings is 1. The number of aromatic nitrogens is 4. The van der Waals surface area contributed by atoms with Crippen LogP contribution in [0.2, 0.25) is 0 Å². The normalized spacial score (nSPS) is 10.6. The predicted octanol–water partition coefficient (Wildman–Crippen LogP) is 3.41. The van der Waals surface area contributed by atoms with Crippen LogP contribution in [0.15, 0.2) is 47.8 Å². The molecule has 7 nitrogen and oxygen atoms in total. The lowest BCUT2D eigenvalue weighted by atomic mass is 10.1. The van der Waals surface area contributed by atoms with Gasteiger partial charge in [0.1, 0.15) is 5.69 Å². The molecule has 0 atom stereocenters. The SMILES string of the molecule is CCn1c(SCC(=O)Nc2cccnc2OC)nnc1-c1cccc(C)c1. The summed E-state index contributed by atoms with van der Waals surface area (Å²) in [7, 11) is 1.52. The first-order valence-corrected chi connectivity index (χ1v) is 9.52. The van der Waals surface area contributed by atoms with Gasteiger partial charge < -0.3 is 14.6 Å². The number of rotatable bonds is 7. The largest absolute Gasteiger partial charge is 0.480 e. The van der Waals surface area contributed by atoms with Crippen LogP contribution in [0.25, 0.3) is 11.4 Å². The molecule has 2 aromatic heterocycles. The molecule has 0 radical (unpaired) electrons. The molecule has 3 aromatic rings. The average molecular weight is 383 g/mol. The van der Waals surface area contributed by atoms with Gasteiger partial charge in [0.05, 0.1) is 12.9 Å². The van der Waals surface area contributed by atoms with Crippen LogP contribution in [0.4, 0.5) is 5.69 Å². The minimum Gasteiger partial charge on any atom is -0.480 e. The molecule has 1 aromatic carbocycles. The molecule has 8 heteroatoms. The standard InChI is InChI=1S/C19H21N5O2S/c1-4-24-17(14-8-5-7-13(2)11-14)22-23-19(24)27-12-16(25)21-15-9-6-10-20-18(15)26-3/h5-11H,4,12H2,1-3H3,(H,21,25). The van der Waals surface area contributed by atoms with Crippen molar-refractivity contribution in [2.45, 2.75) is 25.5 Å². The Labute approximate surface area is 162 Å². The second-order valence-electron chi connectivity index (χ2n) is 5.82.